The lowest BCUT2D eigenvalue weighted by atomic mass is 10.0. The summed E-state index contributed by atoms with van der Waals surface area (Å²) in [6.07, 6.45) is 2.64. The Balaban J connectivity index is 1.95. The molecular formula is C17H27BrN2O. The normalized spacial score (nSPS) is 25.0. The number of hydrogen-bond acceptors (Lipinski definition) is 3. The van der Waals surface area contributed by atoms with Gasteiger partial charge < -0.3 is 10.1 Å². The van der Waals surface area contributed by atoms with E-state index in [0.717, 1.165) is 37.0 Å². The number of nitrogens with one attached hydrogen (secondary N) is 1. The molecule has 1 heterocycles. The first-order valence-corrected chi connectivity index (χ1v) is 8.71. The first-order chi connectivity index (χ1) is 10.1. The van der Waals surface area contributed by atoms with E-state index in [2.05, 4.69) is 64.3 Å². The average molecular weight is 355 g/mol. The fraction of sp³-hybridized carbons (Fsp3) is 0.647. The van der Waals surface area contributed by atoms with Gasteiger partial charge in [-0.1, -0.05) is 35.0 Å². The molecule has 0 amide bonds. The van der Waals surface area contributed by atoms with Crippen LogP contribution in [0.25, 0.3) is 0 Å². The molecule has 3 unspecified atom stereocenters. The second-order valence-electron chi connectivity index (χ2n) is 5.89. The second-order valence-corrected chi connectivity index (χ2v) is 6.80. The van der Waals surface area contributed by atoms with E-state index in [1.165, 1.54) is 5.56 Å². The van der Waals surface area contributed by atoms with E-state index in [9.17, 15) is 0 Å². The number of morpholine rings is 1. The minimum atomic E-state index is 0.353. The van der Waals surface area contributed by atoms with Crippen molar-refractivity contribution in [2.24, 2.45) is 0 Å². The maximum Gasteiger partial charge on any atom is 0.0674 e. The molecule has 0 aromatic heterocycles. The molecule has 1 N–H and O–H groups in total. The van der Waals surface area contributed by atoms with Crippen LogP contribution in [0, 0.1) is 0 Å². The van der Waals surface area contributed by atoms with Crippen molar-refractivity contribution in [2.45, 2.75) is 44.9 Å². The van der Waals surface area contributed by atoms with Crippen molar-refractivity contribution in [2.75, 3.05) is 26.7 Å². The van der Waals surface area contributed by atoms with E-state index in [1.807, 2.05) is 7.05 Å². The smallest absolute Gasteiger partial charge is 0.0674 e. The Morgan fingerprint density at radius 1 is 1.48 bits per heavy atom. The fourth-order valence-electron chi connectivity index (χ4n) is 3.06. The molecule has 21 heavy (non-hydrogen) atoms. The molecule has 1 fully saturated rings. The first kappa shape index (κ1) is 16.9. The molecule has 0 spiro atoms. The third-order valence-electron chi connectivity index (χ3n) is 4.36. The second kappa shape index (κ2) is 8.28. The lowest BCUT2D eigenvalue weighted by Gasteiger charge is -2.39. The molecular weight excluding hydrogens is 328 g/mol. The van der Waals surface area contributed by atoms with E-state index in [-0.39, 0.29) is 0 Å². The summed E-state index contributed by atoms with van der Waals surface area (Å²) in [5, 5.41) is 3.45. The predicted molar refractivity (Wildman–Crippen MR) is 91.6 cm³/mol. The topological polar surface area (TPSA) is 24.5 Å². The highest BCUT2D eigenvalue weighted by Gasteiger charge is 2.25. The van der Waals surface area contributed by atoms with Crippen LogP contribution in [0.5, 0.6) is 0 Å². The van der Waals surface area contributed by atoms with Crippen LogP contribution in [0.2, 0.25) is 0 Å². The van der Waals surface area contributed by atoms with Gasteiger partial charge in [0.15, 0.2) is 0 Å². The molecule has 3 atom stereocenters. The van der Waals surface area contributed by atoms with Gasteiger partial charge in [0, 0.05) is 29.6 Å². The van der Waals surface area contributed by atoms with Crippen LogP contribution in [-0.2, 0) is 4.74 Å². The third-order valence-corrected chi connectivity index (χ3v) is 4.85. The zero-order chi connectivity index (χ0) is 15.2. The summed E-state index contributed by atoms with van der Waals surface area (Å²) in [7, 11) is 2.05. The zero-order valence-electron chi connectivity index (χ0n) is 13.3. The molecule has 1 aliphatic heterocycles. The van der Waals surface area contributed by atoms with Crippen LogP contribution in [0.3, 0.4) is 0 Å². The molecule has 1 aromatic rings. The minimum Gasteiger partial charge on any atom is -0.376 e. The van der Waals surface area contributed by atoms with E-state index < -0.39 is 0 Å². The molecule has 4 heteroatoms. The highest BCUT2D eigenvalue weighted by molar-refractivity contribution is 9.10. The van der Waals surface area contributed by atoms with Gasteiger partial charge in [0.2, 0.25) is 0 Å². The van der Waals surface area contributed by atoms with Crippen LogP contribution >= 0.6 is 15.9 Å². The maximum absolute atomic E-state index is 5.78. The Morgan fingerprint density at radius 2 is 2.29 bits per heavy atom. The molecule has 3 nitrogen and oxygen atoms in total. The highest BCUT2D eigenvalue weighted by Crippen LogP contribution is 2.22. The van der Waals surface area contributed by atoms with E-state index in [4.69, 9.17) is 4.74 Å². The predicted octanol–water partition coefficient (Wildman–Crippen LogP) is 3.60. The Kier molecular flexibility index (Phi) is 6.68. The van der Waals surface area contributed by atoms with Gasteiger partial charge >= 0.3 is 0 Å². The molecule has 0 bridgehead atoms. The number of ether oxygens (including phenoxy) is 1. The van der Waals surface area contributed by atoms with Gasteiger partial charge in [-0.3, -0.25) is 4.90 Å². The maximum atomic E-state index is 5.78. The lowest BCUT2D eigenvalue weighted by molar-refractivity contribution is -0.0566. The molecule has 118 valence electrons. The van der Waals surface area contributed by atoms with Gasteiger partial charge in [-0.25, -0.2) is 0 Å². The number of nitrogens with zero attached hydrogens (tertiary/aromatic N) is 1. The standard InChI is InChI=1S/C17H27BrN2O/c1-4-16-12-21-13(2)11-20(16)9-8-17(19-3)14-6-5-7-15(18)10-14/h5-7,10,13,16-17,19H,4,8-9,11-12H2,1-3H3. The molecule has 2 rings (SSSR count). The Bertz CT molecular complexity index is 441. The largest absolute Gasteiger partial charge is 0.376 e. The van der Waals surface area contributed by atoms with Crippen molar-refractivity contribution < 1.29 is 4.74 Å². The minimum absolute atomic E-state index is 0.353. The van der Waals surface area contributed by atoms with Crippen molar-refractivity contribution in [3.63, 3.8) is 0 Å². The Hall–Kier alpha value is -0.420. The third kappa shape index (κ3) is 4.78. The first-order valence-electron chi connectivity index (χ1n) is 7.92. The van der Waals surface area contributed by atoms with Crippen LogP contribution < -0.4 is 5.32 Å². The summed E-state index contributed by atoms with van der Waals surface area (Å²) in [5.41, 5.74) is 1.35. The van der Waals surface area contributed by atoms with Crippen molar-refractivity contribution >= 4 is 15.9 Å². The number of hydrogen-bond donors (Lipinski definition) is 1. The van der Waals surface area contributed by atoms with Gasteiger partial charge in [-0.15, -0.1) is 0 Å². The number of rotatable bonds is 6. The summed E-state index contributed by atoms with van der Waals surface area (Å²) in [5.74, 6) is 0. The summed E-state index contributed by atoms with van der Waals surface area (Å²) in [6, 6.07) is 9.56. The highest BCUT2D eigenvalue weighted by atomic mass is 79.9. The monoisotopic (exact) mass is 354 g/mol. The molecule has 0 saturated carbocycles. The SMILES string of the molecule is CCC1COC(C)CN1CCC(NC)c1cccc(Br)c1. The summed E-state index contributed by atoms with van der Waals surface area (Å²) in [4.78, 5) is 2.59. The van der Waals surface area contributed by atoms with Crippen LogP contribution in [0.1, 0.15) is 38.3 Å². The van der Waals surface area contributed by atoms with E-state index in [0.29, 0.717) is 18.2 Å². The number of halogens is 1. The van der Waals surface area contributed by atoms with Crippen LogP contribution in [0.15, 0.2) is 28.7 Å². The Labute approximate surface area is 137 Å². The van der Waals surface area contributed by atoms with Gasteiger partial charge in [-0.05, 0) is 44.5 Å². The van der Waals surface area contributed by atoms with Crippen molar-refractivity contribution in [3.8, 4) is 0 Å². The molecule has 1 saturated heterocycles. The van der Waals surface area contributed by atoms with Crippen molar-refractivity contribution in [1.82, 2.24) is 10.2 Å². The molecule has 1 aromatic carbocycles. The van der Waals surface area contributed by atoms with Crippen LogP contribution in [-0.4, -0.2) is 43.8 Å². The lowest BCUT2D eigenvalue weighted by Crippen LogP contribution is -2.49. The van der Waals surface area contributed by atoms with Gasteiger partial charge in [-0.2, -0.15) is 0 Å². The quantitative estimate of drug-likeness (QED) is 0.844. The van der Waals surface area contributed by atoms with Crippen molar-refractivity contribution in [3.05, 3.63) is 34.3 Å². The van der Waals surface area contributed by atoms with Gasteiger partial charge in [0.1, 0.15) is 0 Å². The summed E-state index contributed by atoms with van der Waals surface area (Å²) >= 11 is 3.56. The molecule has 1 aliphatic rings. The average Bonchev–Trinajstić information content (AvgIpc) is 2.48. The fourth-order valence-corrected chi connectivity index (χ4v) is 3.48. The van der Waals surface area contributed by atoms with Crippen molar-refractivity contribution in [1.29, 1.82) is 0 Å². The zero-order valence-corrected chi connectivity index (χ0v) is 14.9. The number of benzene rings is 1. The molecule has 0 radical (unpaired) electrons. The molecule has 0 aliphatic carbocycles. The van der Waals surface area contributed by atoms with Crippen LogP contribution in [0.4, 0.5) is 0 Å². The van der Waals surface area contributed by atoms with Gasteiger partial charge in [0.25, 0.3) is 0 Å². The van der Waals surface area contributed by atoms with Gasteiger partial charge in [0.05, 0.1) is 12.7 Å². The Morgan fingerprint density at radius 3 is 2.95 bits per heavy atom. The van der Waals surface area contributed by atoms with E-state index in [1.54, 1.807) is 0 Å². The van der Waals surface area contributed by atoms with E-state index >= 15 is 0 Å². The summed E-state index contributed by atoms with van der Waals surface area (Å²) < 4.78 is 6.93. The summed E-state index contributed by atoms with van der Waals surface area (Å²) in [6.45, 7) is 7.46.